The quantitative estimate of drug-likeness (QED) is 0.851. The Morgan fingerprint density at radius 3 is 2.32 bits per heavy atom. The Bertz CT molecular complexity index is 439. The Morgan fingerprint density at radius 2 is 1.84 bits per heavy atom. The summed E-state index contributed by atoms with van der Waals surface area (Å²) in [5, 5.41) is 8.64. The van der Waals surface area contributed by atoms with Crippen LogP contribution in [0.4, 0.5) is 0 Å². The summed E-state index contributed by atoms with van der Waals surface area (Å²) in [4.78, 5) is 23.6. The van der Waals surface area contributed by atoms with Gasteiger partial charge in [-0.05, 0) is 31.5 Å². The molecule has 0 aliphatic carbocycles. The zero-order chi connectivity index (χ0) is 14.4. The molecule has 0 aliphatic rings. The number of hydrogen-bond donors (Lipinski definition) is 1. The first-order valence-corrected chi connectivity index (χ1v) is 6.08. The van der Waals surface area contributed by atoms with E-state index in [1.807, 2.05) is 26.0 Å². The predicted molar refractivity (Wildman–Crippen MR) is 71.0 cm³/mol. The van der Waals surface area contributed by atoms with Gasteiger partial charge in [-0.1, -0.05) is 12.1 Å². The Morgan fingerprint density at radius 1 is 1.26 bits per heavy atom. The summed E-state index contributed by atoms with van der Waals surface area (Å²) < 4.78 is 5.46. The van der Waals surface area contributed by atoms with Crippen LogP contribution in [0.2, 0.25) is 0 Å². The van der Waals surface area contributed by atoms with E-state index in [9.17, 15) is 9.59 Å². The average molecular weight is 265 g/mol. The van der Waals surface area contributed by atoms with Gasteiger partial charge in [0.1, 0.15) is 6.54 Å². The second-order valence-corrected chi connectivity index (χ2v) is 4.61. The molecular weight excluding hydrogens is 246 g/mol. The Balaban J connectivity index is 2.65. The van der Waals surface area contributed by atoms with Crippen molar-refractivity contribution in [3.05, 3.63) is 35.4 Å². The number of carboxylic acids is 1. The van der Waals surface area contributed by atoms with E-state index in [4.69, 9.17) is 9.84 Å². The van der Waals surface area contributed by atoms with Gasteiger partial charge < -0.3 is 14.7 Å². The minimum absolute atomic E-state index is 0.156. The van der Waals surface area contributed by atoms with Crippen LogP contribution in [0.25, 0.3) is 0 Å². The lowest BCUT2D eigenvalue weighted by molar-refractivity contribution is -0.137. The van der Waals surface area contributed by atoms with Gasteiger partial charge in [0.05, 0.1) is 12.7 Å². The van der Waals surface area contributed by atoms with Crippen molar-refractivity contribution in [3.8, 4) is 0 Å². The van der Waals surface area contributed by atoms with Crippen LogP contribution in [0, 0.1) is 0 Å². The first-order valence-electron chi connectivity index (χ1n) is 6.08. The third kappa shape index (κ3) is 5.09. The molecule has 5 heteroatoms. The number of likely N-dealkylation sites (N-methyl/N-ethyl adjacent to an activating group) is 1. The normalized spacial score (nSPS) is 10.5. The van der Waals surface area contributed by atoms with E-state index >= 15 is 0 Å². The molecule has 0 bridgehead atoms. The molecule has 0 aliphatic heterocycles. The van der Waals surface area contributed by atoms with Crippen LogP contribution in [0.3, 0.4) is 0 Å². The number of nitrogens with zero attached hydrogens (tertiary/aromatic N) is 1. The molecule has 0 heterocycles. The number of carbonyl (C=O) groups excluding carboxylic acids is 1. The Hall–Kier alpha value is -1.88. The number of carboxylic acid groups (broad SMARTS) is 1. The van der Waals surface area contributed by atoms with E-state index in [1.54, 1.807) is 12.1 Å². The van der Waals surface area contributed by atoms with Crippen molar-refractivity contribution in [2.45, 2.75) is 26.6 Å². The van der Waals surface area contributed by atoms with Crippen LogP contribution in [-0.2, 0) is 16.1 Å². The maximum Gasteiger partial charge on any atom is 0.323 e. The van der Waals surface area contributed by atoms with Crippen molar-refractivity contribution < 1.29 is 19.4 Å². The third-order valence-electron chi connectivity index (χ3n) is 2.50. The summed E-state index contributed by atoms with van der Waals surface area (Å²) in [6.07, 6.45) is 0.156. The van der Waals surface area contributed by atoms with Crippen molar-refractivity contribution >= 4 is 11.9 Å². The van der Waals surface area contributed by atoms with E-state index in [0.717, 1.165) is 5.56 Å². The summed E-state index contributed by atoms with van der Waals surface area (Å²) in [5.74, 6) is -1.34. The monoisotopic (exact) mass is 265 g/mol. The zero-order valence-corrected chi connectivity index (χ0v) is 11.4. The summed E-state index contributed by atoms with van der Waals surface area (Å²) in [5.41, 5.74) is 1.45. The standard InChI is InChI=1S/C14H19NO4/c1-10(2)19-9-11-4-6-12(7-5-11)14(18)15(3)8-13(16)17/h4-7,10H,8-9H2,1-3H3,(H,16,17). The molecule has 5 nitrogen and oxygen atoms in total. The highest BCUT2D eigenvalue weighted by atomic mass is 16.5. The highest BCUT2D eigenvalue weighted by Gasteiger charge is 2.13. The molecular formula is C14H19NO4. The number of aliphatic carboxylic acids is 1. The largest absolute Gasteiger partial charge is 0.480 e. The summed E-state index contributed by atoms with van der Waals surface area (Å²) in [7, 11) is 1.46. The molecule has 1 amide bonds. The van der Waals surface area contributed by atoms with Gasteiger partial charge in [0.25, 0.3) is 5.91 Å². The lowest BCUT2D eigenvalue weighted by atomic mass is 10.1. The van der Waals surface area contributed by atoms with Crippen molar-refractivity contribution in [3.63, 3.8) is 0 Å². The van der Waals surface area contributed by atoms with Crippen LogP contribution < -0.4 is 0 Å². The predicted octanol–water partition coefficient (Wildman–Crippen LogP) is 1.77. The second kappa shape index (κ2) is 6.89. The van der Waals surface area contributed by atoms with Crippen LogP contribution >= 0.6 is 0 Å². The molecule has 1 rings (SSSR count). The fourth-order valence-electron chi connectivity index (χ4n) is 1.50. The SMILES string of the molecule is CC(C)OCc1ccc(C(=O)N(C)CC(=O)O)cc1. The fraction of sp³-hybridized carbons (Fsp3) is 0.429. The molecule has 0 spiro atoms. The van der Waals surface area contributed by atoms with Gasteiger partial charge in [0.2, 0.25) is 0 Å². The molecule has 0 unspecified atom stereocenters. The van der Waals surface area contributed by atoms with Gasteiger partial charge in [-0.15, -0.1) is 0 Å². The highest BCUT2D eigenvalue weighted by Crippen LogP contribution is 2.09. The third-order valence-corrected chi connectivity index (χ3v) is 2.50. The number of hydrogen-bond acceptors (Lipinski definition) is 3. The van der Waals surface area contributed by atoms with Gasteiger partial charge in [0.15, 0.2) is 0 Å². The van der Waals surface area contributed by atoms with Gasteiger partial charge in [-0.3, -0.25) is 9.59 Å². The van der Waals surface area contributed by atoms with Crippen molar-refractivity contribution in [2.24, 2.45) is 0 Å². The topological polar surface area (TPSA) is 66.8 Å². The summed E-state index contributed by atoms with van der Waals surface area (Å²) in [6.45, 7) is 4.10. The molecule has 0 saturated heterocycles. The van der Waals surface area contributed by atoms with Crippen molar-refractivity contribution in [1.82, 2.24) is 4.90 Å². The van der Waals surface area contributed by atoms with E-state index in [-0.39, 0.29) is 18.6 Å². The van der Waals surface area contributed by atoms with Crippen molar-refractivity contribution in [2.75, 3.05) is 13.6 Å². The van der Waals surface area contributed by atoms with E-state index in [2.05, 4.69) is 0 Å². The summed E-state index contributed by atoms with van der Waals surface area (Å²) >= 11 is 0. The molecule has 0 atom stereocenters. The maximum atomic E-state index is 11.9. The molecule has 104 valence electrons. The lowest BCUT2D eigenvalue weighted by Gasteiger charge is -2.14. The minimum Gasteiger partial charge on any atom is -0.480 e. The highest BCUT2D eigenvalue weighted by molar-refractivity contribution is 5.95. The van der Waals surface area contributed by atoms with Crippen LogP contribution in [0.15, 0.2) is 24.3 Å². The Labute approximate surface area is 112 Å². The average Bonchev–Trinajstić information content (AvgIpc) is 2.35. The van der Waals surface area contributed by atoms with Crippen LogP contribution in [0.5, 0.6) is 0 Å². The maximum absolute atomic E-state index is 11.9. The van der Waals surface area contributed by atoms with Crippen LogP contribution in [-0.4, -0.2) is 41.6 Å². The first kappa shape index (κ1) is 15.2. The molecule has 0 fully saturated rings. The molecule has 1 aromatic rings. The number of carbonyl (C=O) groups is 2. The summed E-state index contributed by atoms with van der Waals surface area (Å²) in [6, 6.07) is 6.98. The molecule has 19 heavy (non-hydrogen) atoms. The van der Waals surface area contributed by atoms with Crippen molar-refractivity contribution in [1.29, 1.82) is 0 Å². The molecule has 1 aromatic carbocycles. The number of benzene rings is 1. The molecule has 1 N–H and O–H groups in total. The van der Waals surface area contributed by atoms with Crippen LogP contribution in [0.1, 0.15) is 29.8 Å². The minimum atomic E-state index is -1.03. The van der Waals surface area contributed by atoms with Gasteiger partial charge in [-0.2, -0.15) is 0 Å². The molecule has 0 saturated carbocycles. The number of amides is 1. The number of ether oxygens (including phenoxy) is 1. The first-order chi connectivity index (χ1) is 8.90. The van der Waals surface area contributed by atoms with E-state index in [1.165, 1.54) is 11.9 Å². The zero-order valence-electron chi connectivity index (χ0n) is 11.4. The lowest BCUT2D eigenvalue weighted by Crippen LogP contribution is -2.31. The second-order valence-electron chi connectivity index (χ2n) is 4.61. The molecule has 0 radical (unpaired) electrons. The fourth-order valence-corrected chi connectivity index (χ4v) is 1.50. The Kier molecular flexibility index (Phi) is 5.51. The molecule has 0 aromatic heterocycles. The number of rotatable bonds is 6. The van der Waals surface area contributed by atoms with E-state index < -0.39 is 5.97 Å². The smallest absolute Gasteiger partial charge is 0.323 e. The van der Waals surface area contributed by atoms with E-state index in [0.29, 0.717) is 12.2 Å². The van der Waals surface area contributed by atoms with Gasteiger partial charge >= 0.3 is 5.97 Å². The van der Waals surface area contributed by atoms with Gasteiger partial charge in [-0.25, -0.2) is 0 Å². The van der Waals surface area contributed by atoms with Gasteiger partial charge in [0, 0.05) is 12.6 Å².